The molecule has 1 aromatic rings. The average Bonchev–Trinajstić information content (AvgIpc) is 2.51. The van der Waals surface area contributed by atoms with E-state index in [1.807, 2.05) is 0 Å². The van der Waals surface area contributed by atoms with Crippen LogP contribution in [0.25, 0.3) is 0 Å². The van der Waals surface area contributed by atoms with Crippen LogP contribution in [-0.2, 0) is 9.53 Å². The monoisotopic (exact) mass is 230 g/mol. The minimum atomic E-state index is -0.189. The topological polar surface area (TPSA) is 26.3 Å². The second-order valence-corrected chi connectivity index (χ2v) is 4.03. The summed E-state index contributed by atoms with van der Waals surface area (Å²) in [5, 5.41) is 1.20. The number of hydrogen-bond donors (Lipinski definition) is 0. The van der Waals surface area contributed by atoms with Gasteiger partial charge in [-0.25, -0.2) is 0 Å². The summed E-state index contributed by atoms with van der Waals surface area (Å²) in [6.07, 6.45) is 0.365. The molecule has 0 aliphatic carbocycles. The minimum absolute atomic E-state index is 0.00343. The van der Waals surface area contributed by atoms with Crippen LogP contribution in [-0.4, -0.2) is 12.6 Å². The van der Waals surface area contributed by atoms with Crippen molar-refractivity contribution in [2.75, 3.05) is 6.61 Å². The second-order valence-electron chi connectivity index (χ2n) is 3.22. The summed E-state index contributed by atoms with van der Waals surface area (Å²) in [5.41, 5.74) is 0.821. The van der Waals surface area contributed by atoms with Gasteiger partial charge >= 0.3 is 5.97 Å². The number of ether oxygens (including phenoxy) is 1. The van der Waals surface area contributed by atoms with Gasteiger partial charge < -0.3 is 4.74 Å². The van der Waals surface area contributed by atoms with Crippen LogP contribution in [0, 0.1) is 0 Å². The fourth-order valence-electron chi connectivity index (χ4n) is 1.60. The molecule has 0 bridgehead atoms. The van der Waals surface area contributed by atoms with Crippen LogP contribution in [0.1, 0.15) is 17.9 Å². The molecule has 1 aliphatic rings. The standard InChI is InChI=1S/C10H8Cl2O2/c11-7-2-1-3-8(12)10(7)6-4-9(13)14-5-6/h1-3,6H,4-5H2. The Kier molecular flexibility index (Phi) is 2.66. The first-order valence-electron chi connectivity index (χ1n) is 4.28. The van der Waals surface area contributed by atoms with E-state index in [-0.39, 0.29) is 11.9 Å². The highest BCUT2D eigenvalue weighted by molar-refractivity contribution is 6.36. The normalized spacial score (nSPS) is 21.0. The molecule has 2 nitrogen and oxygen atoms in total. The van der Waals surface area contributed by atoms with E-state index in [9.17, 15) is 4.79 Å². The molecule has 1 heterocycles. The Morgan fingerprint density at radius 1 is 1.29 bits per heavy atom. The number of rotatable bonds is 1. The summed E-state index contributed by atoms with van der Waals surface area (Å²) < 4.78 is 4.87. The predicted octanol–water partition coefficient (Wildman–Crippen LogP) is 3.02. The van der Waals surface area contributed by atoms with Gasteiger partial charge in [0, 0.05) is 16.0 Å². The lowest BCUT2D eigenvalue weighted by Gasteiger charge is -2.10. The molecule has 0 amide bonds. The van der Waals surface area contributed by atoms with Crippen LogP contribution in [0.3, 0.4) is 0 Å². The predicted molar refractivity (Wildman–Crippen MR) is 54.8 cm³/mol. The Morgan fingerprint density at radius 2 is 1.93 bits per heavy atom. The third-order valence-corrected chi connectivity index (χ3v) is 2.93. The van der Waals surface area contributed by atoms with Crippen molar-refractivity contribution < 1.29 is 9.53 Å². The van der Waals surface area contributed by atoms with E-state index < -0.39 is 0 Å². The van der Waals surface area contributed by atoms with Gasteiger partial charge in [-0.1, -0.05) is 29.3 Å². The smallest absolute Gasteiger partial charge is 0.306 e. The fourth-order valence-corrected chi connectivity index (χ4v) is 2.30. The molecule has 0 saturated carbocycles. The first-order chi connectivity index (χ1) is 6.68. The summed E-state index contributed by atoms with van der Waals surface area (Å²) in [6, 6.07) is 5.32. The average molecular weight is 231 g/mol. The minimum Gasteiger partial charge on any atom is -0.465 e. The Balaban J connectivity index is 2.36. The van der Waals surface area contributed by atoms with Crippen molar-refractivity contribution in [3.05, 3.63) is 33.8 Å². The fraction of sp³-hybridized carbons (Fsp3) is 0.300. The number of esters is 1. The lowest BCUT2D eigenvalue weighted by molar-refractivity contribution is -0.137. The van der Waals surface area contributed by atoms with Crippen molar-refractivity contribution in [2.24, 2.45) is 0 Å². The number of hydrogen-bond acceptors (Lipinski definition) is 2. The maximum atomic E-state index is 10.9. The Hall–Kier alpha value is -0.730. The van der Waals surface area contributed by atoms with Gasteiger partial charge in [0.15, 0.2) is 0 Å². The molecular formula is C10H8Cl2O2. The van der Waals surface area contributed by atoms with Gasteiger partial charge in [0.25, 0.3) is 0 Å². The van der Waals surface area contributed by atoms with Crippen LogP contribution in [0.15, 0.2) is 18.2 Å². The highest BCUT2D eigenvalue weighted by atomic mass is 35.5. The Bertz CT molecular complexity index is 356. The maximum Gasteiger partial charge on any atom is 0.306 e. The van der Waals surface area contributed by atoms with E-state index in [2.05, 4.69) is 0 Å². The zero-order valence-corrected chi connectivity index (χ0v) is 8.81. The molecule has 0 spiro atoms. The summed E-state index contributed by atoms with van der Waals surface area (Å²) in [4.78, 5) is 10.9. The molecule has 4 heteroatoms. The third kappa shape index (κ3) is 1.72. The van der Waals surface area contributed by atoms with Crippen molar-refractivity contribution >= 4 is 29.2 Å². The molecule has 1 saturated heterocycles. The quantitative estimate of drug-likeness (QED) is 0.694. The summed E-state index contributed by atoms with van der Waals surface area (Å²) >= 11 is 12.0. The lowest BCUT2D eigenvalue weighted by Crippen LogP contribution is -1.99. The molecule has 0 aromatic heterocycles. The van der Waals surface area contributed by atoms with E-state index in [1.165, 1.54) is 0 Å². The molecule has 2 rings (SSSR count). The number of carbonyl (C=O) groups is 1. The SMILES string of the molecule is O=C1CC(c2c(Cl)cccc2Cl)CO1. The Morgan fingerprint density at radius 3 is 2.43 bits per heavy atom. The van der Waals surface area contributed by atoms with E-state index in [1.54, 1.807) is 18.2 Å². The molecule has 1 aromatic carbocycles. The number of carbonyl (C=O) groups excluding carboxylic acids is 1. The number of halogens is 2. The second kappa shape index (κ2) is 3.79. The van der Waals surface area contributed by atoms with Gasteiger partial charge in [0.2, 0.25) is 0 Å². The molecule has 1 aliphatic heterocycles. The highest BCUT2D eigenvalue weighted by Crippen LogP contribution is 2.36. The van der Waals surface area contributed by atoms with E-state index >= 15 is 0 Å². The zero-order valence-electron chi connectivity index (χ0n) is 7.30. The number of cyclic esters (lactones) is 1. The highest BCUT2D eigenvalue weighted by Gasteiger charge is 2.28. The van der Waals surface area contributed by atoms with E-state index in [0.29, 0.717) is 23.1 Å². The van der Waals surface area contributed by atoms with Crippen molar-refractivity contribution in [1.29, 1.82) is 0 Å². The molecule has 0 N–H and O–H groups in total. The van der Waals surface area contributed by atoms with Crippen molar-refractivity contribution in [3.63, 3.8) is 0 Å². The van der Waals surface area contributed by atoms with Crippen LogP contribution in [0.2, 0.25) is 10.0 Å². The van der Waals surface area contributed by atoms with Crippen LogP contribution in [0.4, 0.5) is 0 Å². The zero-order chi connectivity index (χ0) is 10.1. The number of benzene rings is 1. The molecule has 0 radical (unpaired) electrons. The Labute approximate surface area is 91.8 Å². The van der Waals surface area contributed by atoms with Crippen molar-refractivity contribution in [2.45, 2.75) is 12.3 Å². The molecule has 1 unspecified atom stereocenters. The largest absolute Gasteiger partial charge is 0.465 e. The van der Waals surface area contributed by atoms with Crippen molar-refractivity contribution in [1.82, 2.24) is 0 Å². The van der Waals surface area contributed by atoms with E-state index in [0.717, 1.165) is 5.56 Å². The molecule has 74 valence electrons. The van der Waals surface area contributed by atoms with Crippen molar-refractivity contribution in [3.8, 4) is 0 Å². The first kappa shape index (κ1) is 9.81. The summed E-state index contributed by atoms with van der Waals surface area (Å²) in [5.74, 6) is -0.185. The molecule has 14 heavy (non-hydrogen) atoms. The van der Waals surface area contributed by atoms with Gasteiger partial charge in [-0.3, -0.25) is 4.79 Å². The van der Waals surface area contributed by atoms with Gasteiger partial charge in [-0.15, -0.1) is 0 Å². The van der Waals surface area contributed by atoms with Gasteiger partial charge in [-0.2, -0.15) is 0 Å². The summed E-state index contributed by atoms with van der Waals surface area (Å²) in [7, 11) is 0. The first-order valence-corrected chi connectivity index (χ1v) is 5.03. The van der Waals surface area contributed by atoms with E-state index in [4.69, 9.17) is 27.9 Å². The molecule has 1 atom stereocenters. The lowest BCUT2D eigenvalue weighted by atomic mass is 9.98. The van der Waals surface area contributed by atoms with Gasteiger partial charge in [0.1, 0.15) is 0 Å². The molecule has 1 fully saturated rings. The van der Waals surface area contributed by atoms with Gasteiger partial charge in [-0.05, 0) is 17.7 Å². The third-order valence-electron chi connectivity index (χ3n) is 2.27. The van der Waals surface area contributed by atoms with Crippen LogP contribution < -0.4 is 0 Å². The van der Waals surface area contributed by atoms with Crippen LogP contribution in [0.5, 0.6) is 0 Å². The molecular weight excluding hydrogens is 223 g/mol. The summed E-state index contributed by atoms with van der Waals surface area (Å²) in [6.45, 7) is 0.377. The van der Waals surface area contributed by atoms with Gasteiger partial charge in [0.05, 0.1) is 13.0 Å². The maximum absolute atomic E-state index is 10.9. The van der Waals surface area contributed by atoms with Crippen LogP contribution >= 0.6 is 23.2 Å².